The first-order chi connectivity index (χ1) is 14.5. The molecule has 0 unspecified atom stereocenters. The van der Waals surface area contributed by atoms with Crippen LogP contribution in [0.25, 0.3) is 11.0 Å². The van der Waals surface area contributed by atoms with Gasteiger partial charge in [0.2, 0.25) is 0 Å². The molecule has 7 nitrogen and oxygen atoms in total. The molecule has 4 rings (SSSR count). The Bertz CT molecular complexity index is 854. The Morgan fingerprint density at radius 1 is 1.20 bits per heavy atom. The molecule has 1 saturated heterocycles. The van der Waals surface area contributed by atoms with E-state index in [1.807, 2.05) is 12.1 Å². The summed E-state index contributed by atoms with van der Waals surface area (Å²) in [6.07, 6.45) is 5.91. The molecular formula is C22H32ClN5O2. The topological polar surface area (TPSA) is 64.9 Å². The van der Waals surface area contributed by atoms with Gasteiger partial charge in [0.1, 0.15) is 0 Å². The molecule has 0 atom stereocenters. The lowest BCUT2D eigenvalue weighted by Gasteiger charge is -2.37. The van der Waals surface area contributed by atoms with Gasteiger partial charge < -0.3 is 19.6 Å². The van der Waals surface area contributed by atoms with Crippen LogP contribution in [-0.4, -0.2) is 73.8 Å². The molecule has 2 amide bonds. The number of benzene rings is 1. The summed E-state index contributed by atoms with van der Waals surface area (Å²) in [4.78, 5) is 18.4. The Morgan fingerprint density at radius 3 is 2.63 bits per heavy atom. The van der Waals surface area contributed by atoms with Gasteiger partial charge in [0.25, 0.3) is 0 Å². The molecule has 1 saturated carbocycles. The highest BCUT2D eigenvalue weighted by molar-refractivity contribution is 6.34. The maximum Gasteiger partial charge on any atom is 0.317 e. The molecule has 30 heavy (non-hydrogen) atoms. The van der Waals surface area contributed by atoms with E-state index in [9.17, 15) is 4.79 Å². The molecule has 0 radical (unpaired) electrons. The van der Waals surface area contributed by atoms with Gasteiger partial charge in [-0.15, -0.1) is 0 Å². The second kappa shape index (κ2) is 9.43. The number of urea groups is 1. The molecular weight excluding hydrogens is 402 g/mol. The van der Waals surface area contributed by atoms with Gasteiger partial charge in [0.05, 0.1) is 5.39 Å². The molecule has 1 aromatic carbocycles. The van der Waals surface area contributed by atoms with Crippen molar-refractivity contribution in [1.29, 1.82) is 0 Å². The maximum atomic E-state index is 11.8. The number of carbonyl (C=O) groups is 1. The van der Waals surface area contributed by atoms with Gasteiger partial charge >= 0.3 is 6.03 Å². The standard InChI is InChI=1S/C22H32ClN5O2/c1-26(2)22(29)24-17-5-3-16(4-6-17)9-10-27-11-13-28(14-12-27)18-7-8-19-20(15-18)30-25-21(19)23/h7-8,15-17H,3-6,9-14H2,1-2H3,(H,24,29)/t16-,17-. The summed E-state index contributed by atoms with van der Waals surface area (Å²) in [5, 5.41) is 8.26. The van der Waals surface area contributed by atoms with E-state index >= 15 is 0 Å². The average Bonchev–Trinajstić information content (AvgIpc) is 3.13. The average molecular weight is 434 g/mol. The monoisotopic (exact) mass is 433 g/mol. The van der Waals surface area contributed by atoms with Gasteiger partial charge in [-0.2, -0.15) is 0 Å². The lowest BCUT2D eigenvalue weighted by molar-refractivity contribution is 0.194. The van der Waals surface area contributed by atoms with Crippen molar-refractivity contribution in [2.75, 3.05) is 51.7 Å². The van der Waals surface area contributed by atoms with Crippen LogP contribution >= 0.6 is 11.6 Å². The number of fused-ring (bicyclic) bond motifs is 1. The number of hydrogen-bond acceptors (Lipinski definition) is 5. The zero-order valence-corrected chi connectivity index (χ0v) is 18.7. The van der Waals surface area contributed by atoms with Crippen molar-refractivity contribution in [2.45, 2.75) is 38.1 Å². The van der Waals surface area contributed by atoms with Crippen molar-refractivity contribution >= 4 is 34.3 Å². The molecule has 164 valence electrons. The summed E-state index contributed by atoms with van der Waals surface area (Å²) >= 11 is 6.03. The SMILES string of the molecule is CN(C)C(=O)N[C@H]1CC[C@H](CCN2CCN(c3ccc4c(Cl)noc4c3)CC2)CC1. The van der Waals surface area contributed by atoms with Crippen LogP contribution in [0.2, 0.25) is 5.15 Å². The van der Waals surface area contributed by atoms with Crippen LogP contribution in [0.4, 0.5) is 10.5 Å². The number of carbonyl (C=O) groups excluding carboxylic acids is 1. The lowest BCUT2D eigenvalue weighted by Crippen LogP contribution is -2.47. The minimum atomic E-state index is 0.0295. The van der Waals surface area contributed by atoms with Crippen LogP contribution in [0, 0.1) is 5.92 Å². The van der Waals surface area contributed by atoms with Gasteiger partial charge in [-0.3, -0.25) is 4.90 Å². The highest BCUT2D eigenvalue weighted by Crippen LogP contribution is 2.29. The van der Waals surface area contributed by atoms with Crippen LogP contribution < -0.4 is 10.2 Å². The maximum absolute atomic E-state index is 11.8. The zero-order chi connectivity index (χ0) is 21.1. The number of nitrogens with one attached hydrogen (secondary N) is 1. The van der Waals surface area contributed by atoms with Gasteiger partial charge in [-0.05, 0) is 56.7 Å². The smallest absolute Gasteiger partial charge is 0.317 e. The summed E-state index contributed by atoms with van der Waals surface area (Å²) in [5.74, 6) is 0.786. The predicted molar refractivity (Wildman–Crippen MR) is 120 cm³/mol. The third-order valence-electron chi connectivity index (χ3n) is 6.58. The van der Waals surface area contributed by atoms with Gasteiger partial charge in [-0.25, -0.2) is 4.79 Å². The molecule has 1 N–H and O–H groups in total. The zero-order valence-electron chi connectivity index (χ0n) is 17.9. The summed E-state index contributed by atoms with van der Waals surface area (Å²) in [6.45, 7) is 5.39. The summed E-state index contributed by atoms with van der Waals surface area (Å²) in [6, 6.07) is 6.51. The second-order valence-electron chi connectivity index (χ2n) is 8.83. The molecule has 2 fully saturated rings. The fourth-order valence-electron chi connectivity index (χ4n) is 4.59. The number of anilines is 1. The minimum absolute atomic E-state index is 0.0295. The number of amides is 2. The Kier molecular flexibility index (Phi) is 6.68. The highest BCUT2D eigenvalue weighted by atomic mass is 35.5. The molecule has 1 aromatic heterocycles. The van der Waals surface area contributed by atoms with Crippen molar-refractivity contribution in [3.8, 4) is 0 Å². The first kappa shape index (κ1) is 21.2. The van der Waals surface area contributed by atoms with E-state index in [1.165, 1.54) is 31.5 Å². The van der Waals surface area contributed by atoms with Crippen molar-refractivity contribution in [3.05, 3.63) is 23.4 Å². The van der Waals surface area contributed by atoms with Crippen LogP contribution in [0.15, 0.2) is 22.7 Å². The van der Waals surface area contributed by atoms with Crippen LogP contribution in [0.3, 0.4) is 0 Å². The van der Waals surface area contributed by atoms with E-state index in [0.717, 1.165) is 55.9 Å². The van der Waals surface area contributed by atoms with Gasteiger partial charge in [0, 0.05) is 58.1 Å². The molecule has 1 aliphatic carbocycles. The van der Waals surface area contributed by atoms with E-state index in [4.69, 9.17) is 16.1 Å². The third-order valence-corrected chi connectivity index (χ3v) is 6.86. The number of rotatable bonds is 5. The first-order valence-corrected chi connectivity index (χ1v) is 11.4. The number of piperazine rings is 1. The van der Waals surface area contributed by atoms with Gasteiger partial charge in [-0.1, -0.05) is 16.8 Å². The van der Waals surface area contributed by atoms with Crippen molar-refractivity contribution in [3.63, 3.8) is 0 Å². The fourth-order valence-corrected chi connectivity index (χ4v) is 4.78. The Morgan fingerprint density at radius 2 is 1.93 bits per heavy atom. The van der Waals surface area contributed by atoms with E-state index < -0.39 is 0 Å². The Balaban J connectivity index is 1.18. The summed E-state index contributed by atoms with van der Waals surface area (Å²) < 4.78 is 5.30. The fraction of sp³-hybridized carbons (Fsp3) is 0.636. The Hall–Kier alpha value is -1.99. The number of halogens is 1. The molecule has 8 heteroatoms. The van der Waals surface area contributed by atoms with Crippen LogP contribution in [-0.2, 0) is 0 Å². The summed E-state index contributed by atoms with van der Waals surface area (Å²) in [5.41, 5.74) is 1.92. The van der Waals surface area contributed by atoms with Crippen molar-refractivity contribution < 1.29 is 9.32 Å². The lowest BCUT2D eigenvalue weighted by atomic mass is 9.84. The van der Waals surface area contributed by atoms with E-state index in [1.54, 1.807) is 19.0 Å². The van der Waals surface area contributed by atoms with Crippen LogP contribution in [0.5, 0.6) is 0 Å². The molecule has 0 bridgehead atoms. The molecule has 2 aliphatic rings. The molecule has 1 aliphatic heterocycles. The number of aromatic nitrogens is 1. The summed E-state index contributed by atoms with van der Waals surface area (Å²) in [7, 11) is 3.59. The largest absolute Gasteiger partial charge is 0.369 e. The first-order valence-electron chi connectivity index (χ1n) is 11.0. The minimum Gasteiger partial charge on any atom is -0.369 e. The normalized spacial score (nSPS) is 23.0. The predicted octanol–water partition coefficient (Wildman–Crippen LogP) is 3.82. The molecule has 0 spiro atoms. The van der Waals surface area contributed by atoms with Crippen molar-refractivity contribution in [2.24, 2.45) is 5.92 Å². The van der Waals surface area contributed by atoms with E-state index in [2.05, 4.69) is 26.3 Å². The third kappa shape index (κ3) is 5.01. The highest BCUT2D eigenvalue weighted by Gasteiger charge is 2.24. The van der Waals surface area contributed by atoms with E-state index in [0.29, 0.717) is 11.2 Å². The number of nitrogens with zero attached hydrogens (tertiary/aromatic N) is 4. The van der Waals surface area contributed by atoms with Crippen LogP contribution in [0.1, 0.15) is 32.1 Å². The second-order valence-corrected chi connectivity index (χ2v) is 9.19. The quantitative estimate of drug-likeness (QED) is 0.776. The molecule has 2 aromatic rings. The molecule has 2 heterocycles. The van der Waals surface area contributed by atoms with Crippen molar-refractivity contribution in [1.82, 2.24) is 20.3 Å². The Labute approximate surface area is 183 Å². The van der Waals surface area contributed by atoms with Gasteiger partial charge in [0.15, 0.2) is 10.7 Å². The van der Waals surface area contributed by atoms with E-state index in [-0.39, 0.29) is 6.03 Å². The number of hydrogen-bond donors (Lipinski definition) is 1.